The standard InChI is InChI=1S/C14H20N2O3/c17-9-1-2-12(16-7-9)14(19)5-13-11-4-10(18)3-8(11)6-15-13/h1-2,7-8,10-11,13-15,17-19H,3-6H2/t8?,10?,11?,13?,14-/m0/s1. The van der Waals surface area contributed by atoms with Gasteiger partial charge < -0.3 is 20.6 Å². The van der Waals surface area contributed by atoms with Crippen molar-refractivity contribution >= 4 is 0 Å². The van der Waals surface area contributed by atoms with E-state index in [9.17, 15) is 15.3 Å². The Hall–Kier alpha value is -1.17. The summed E-state index contributed by atoms with van der Waals surface area (Å²) in [6.45, 7) is 0.933. The van der Waals surface area contributed by atoms with Crippen LogP contribution in [0.2, 0.25) is 0 Å². The largest absolute Gasteiger partial charge is 0.506 e. The van der Waals surface area contributed by atoms with Crippen molar-refractivity contribution in [1.82, 2.24) is 10.3 Å². The molecule has 19 heavy (non-hydrogen) atoms. The molecule has 0 bridgehead atoms. The molecule has 5 heteroatoms. The molecule has 2 heterocycles. The minimum absolute atomic E-state index is 0.105. The summed E-state index contributed by atoms with van der Waals surface area (Å²) in [4.78, 5) is 4.04. The smallest absolute Gasteiger partial charge is 0.133 e. The Morgan fingerprint density at radius 3 is 2.95 bits per heavy atom. The Balaban J connectivity index is 1.63. The summed E-state index contributed by atoms with van der Waals surface area (Å²) in [5, 5.41) is 32.5. The predicted molar refractivity (Wildman–Crippen MR) is 69.5 cm³/mol. The van der Waals surface area contributed by atoms with Crippen LogP contribution in [0, 0.1) is 11.8 Å². The molecule has 1 saturated heterocycles. The van der Waals surface area contributed by atoms with Crippen molar-refractivity contribution in [3.63, 3.8) is 0 Å². The average Bonchev–Trinajstić information content (AvgIpc) is 2.91. The molecule has 1 saturated carbocycles. The summed E-state index contributed by atoms with van der Waals surface area (Å²) in [7, 11) is 0. The molecule has 0 amide bonds. The van der Waals surface area contributed by atoms with Gasteiger partial charge in [-0.3, -0.25) is 4.98 Å². The molecule has 1 aliphatic heterocycles. The molecule has 0 aromatic carbocycles. The summed E-state index contributed by atoms with van der Waals surface area (Å²) in [5.74, 6) is 1.11. The van der Waals surface area contributed by atoms with E-state index in [4.69, 9.17) is 0 Å². The molecule has 5 nitrogen and oxygen atoms in total. The second-order valence-corrected chi connectivity index (χ2v) is 5.76. The number of hydrogen-bond acceptors (Lipinski definition) is 5. The summed E-state index contributed by atoms with van der Waals surface area (Å²) in [6, 6.07) is 3.43. The van der Waals surface area contributed by atoms with Gasteiger partial charge in [0, 0.05) is 6.04 Å². The van der Waals surface area contributed by atoms with Crippen LogP contribution in [0.15, 0.2) is 18.3 Å². The van der Waals surface area contributed by atoms with Crippen LogP contribution in [0.3, 0.4) is 0 Å². The van der Waals surface area contributed by atoms with Crippen molar-refractivity contribution < 1.29 is 15.3 Å². The Bertz CT molecular complexity index is 437. The van der Waals surface area contributed by atoms with Gasteiger partial charge in [-0.15, -0.1) is 0 Å². The zero-order chi connectivity index (χ0) is 13.4. The monoisotopic (exact) mass is 264 g/mol. The van der Waals surface area contributed by atoms with E-state index in [2.05, 4.69) is 10.3 Å². The summed E-state index contributed by atoms with van der Waals surface area (Å²) < 4.78 is 0. The molecular weight excluding hydrogens is 244 g/mol. The van der Waals surface area contributed by atoms with Crippen molar-refractivity contribution in [1.29, 1.82) is 0 Å². The zero-order valence-electron chi connectivity index (χ0n) is 10.7. The number of rotatable bonds is 3. The van der Waals surface area contributed by atoms with Gasteiger partial charge in [0.15, 0.2) is 0 Å². The van der Waals surface area contributed by atoms with E-state index in [1.807, 2.05) is 0 Å². The number of pyridine rings is 1. The van der Waals surface area contributed by atoms with E-state index in [-0.39, 0.29) is 17.9 Å². The number of nitrogens with zero attached hydrogens (tertiary/aromatic N) is 1. The molecule has 2 aliphatic rings. The first-order chi connectivity index (χ1) is 9.13. The Labute approximate surface area is 112 Å². The van der Waals surface area contributed by atoms with Gasteiger partial charge in [0.1, 0.15) is 5.75 Å². The first-order valence-electron chi connectivity index (χ1n) is 6.88. The van der Waals surface area contributed by atoms with Gasteiger partial charge in [0.2, 0.25) is 0 Å². The number of aliphatic hydroxyl groups is 2. The SMILES string of the molecule is Oc1ccc([C@@H](O)CC2NCC3CC(O)CC32)nc1. The molecule has 2 fully saturated rings. The van der Waals surface area contributed by atoms with Crippen molar-refractivity contribution in [2.24, 2.45) is 11.8 Å². The molecule has 3 rings (SSSR count). The molecular formula is C14H20N2O3. The first kappa shape index (κ1) is 12.8. The van der Waals surface area contributed by atoms with E-state index < -0.39 is 6.10 Å². The number of fused-ring (bicyclic) bond motifs is 1. The van der Waals surface area contributed by atoms with Crippen molar-refractivity contribution in [3.05, 3.63) is 24.0 Å². The predicted octanol–water partition coefficient (Wildman–Crippen LogP) is 0.570. The maximum absolute atomic E-state index is 10.2. The highest BCUT2D eigenvalue weighted by Crippen LogP contribution is 2.40. The highest BCUT2D eigenvalue weighted by atomic mass is 16.3. The number of aromatic hydroxyl groups is 1. The number of aliphatic hydroxyl groups excluding tert-OH is 2. The second-order valence-electron chi connectivity index (χ2n) is 5.76. The maximum atomic E-state index is 10.2. The second kappa shape index (κ2) is 5.07. The van der Waals surface area contributed by atoms with E-state index >= 15 is 0 Å². The Morgan fingerprint density at radius 2 is 2.21 bits per heavy atom. The minimum atomic E-state index is -0.630. The van der Waals surface area contributed by atoms with Crippen LogP contribution in [0.25, 0.3) is 0 Å². The van der Waals surface area contributed by atoms with E-state index in [0.717, 1.165) is 19.4 Å². The lowest BCUT2D eigenvalue weighted by atomic mass is 9.90. The number of nitrogens with one attached hydrogen (secondary N) is 1. The van der Waals surface area contributed by atoms with Crippen LogP contribution in [-0.2, 0) is 0 Å². The van der Waals surface area contributed by atoms with Crippen LogP contribution >= 0.6 is 0 Å². The van der Waals surface area contributed by atoms with Gasteiger partial charge in [-0.2, -0.15) is 0 Å². The fraction of sp³-hybridized carbons (Fsp3) is 0.643. The molecule has 0 spiro atoms. The topological polar surface area (TPSA) is 85.6 Å². The molecule has 1 aromatic heterocycles. The minimum Gasteiger partial charge on any atom is -0.506 e. The van der Waals surface area contributed by atoms with Crippen molar-refractivity contribution in [3.8, 4) is 5.75 Å². The zero-order valence-corrected chi connectivity index (χ0v) is 10.7. The van der Waals surface area contributed by atoms with Crippen LogP contribution in [0.4, 0.5) is 0 Å². The molecule has 4 N–H and O–H groups in total. The van der Waals surface area contributed by atoms with Crippen molar-refractivity contribution in [2.75, 3.05) is 6.54 Å². The quantitative estimate of drug-likeness (QED) is 0.641. The first-order valence-corrected chi connectivity index (χ1v) is 6.88. The average molecular weight is 264 g/mol. The van der Waals surface area contributed by atoms with Gasteiger partial charge in [0.05, 0.1) is 24.1 Å². The maximum Gasteiger partial charge on any atom is 0.133 e. The molecule has 104 valence electrons. The fourth-order valence-corrected chi connectivity index (χ4v) is 3.52. The number of hydrogen-bond donors (Lipinski definition) is 4. The van der Waals surface area contributed by atoms with Crippen LogP contribution in [0.1, 0.15) is 31.1 Å². The third kappa shape index (κ3) is 2.59. The third-order valence-corrected chi connectivity index (χ3v) is 4.47. The highest BCUT2D eigenvalue weighted by Gasteiger charge is 2.43. The van der Waals surface area contributed by atoms with Crippen LogP contribution in [-0.4, -0.2) is 39.0 Å². The summed E-state index contributed by atoms with van der Waals surface area (Å²) in [5.41, 5.74) is 0.585. The van der Waals surface area contributed by atoms with Gasteiger partial charge in [0.25, 0.3) is 0 Å². The Kier molecular flexibility index (Phi) is 3.43. The molecule has 1 aliphatic carbocycles. The number of aromatic nitrogens is 1. The van der Waals surface area contributed by atoms with Gasteiger partial charge in [-0.05, 0) is 49.8 Å². The van der Waals surface area contributed by atoms with E-state index in [0.29, 0.717) is 24.0 Å². The Morgan fingerprint density at radius 1 is 1.37 bits per heavy atom. The van der Waals surface area contributed by atoms with Crippen LogP contribution < -0.4 is 5.32 Å². The lowest BCUT2D eigenvalue weighted by Crippen LogP contribution is -2.30. The molecule has 5 atom stereocenters. The van der Waals surface area contributed by atoms with E-state index in [1.165, 1.54) is 12.3 Å². The van der Waals surface area contributed by atoms with Gasteiger partial charge in [-0.1, -0.05) is 0 Å². The normalized spacial score (nSPS) is 35.3. The fourth-order valence-electron chi connectivity index (χ4n) is 3.52. The van der Waals surface area contributed by atoms with Crippen molar-refractivity contribution in [2.45, 2.75) is 37.5 Å². The lowest BCUT2D eigenvalue weighted by Gasteiger charge is -2.21. The summed E-state index contributed by atoms with van der Waals surface area (Å²) >= 11 is 0. The van der Waals surface area contributed by atoms with Crippen LogP contribution in [0.5, 0.6) is 5.75 Å². The summed E-state index contributed by atoms with van der Waals surface area (Å²) in [6.07, 6.45) is 2.85. The third-order valence-electron chi connectivity index (χ3n) is 4.47. The van der Waals surface area contributed by atoms with Gasteiger partial charge in [-0.25, -0.2) is 0 Å². The molecule has 1 aromatic rings. The van der Waals surface area contributed by atoms with E-state index in [1.54, 1.807) is 6.07 Å². The highest BCUT2D eigenvalue weighted by molar-refractivity contribution is 5.19. The lowest BCUT2D eigenvalue weighted by molar-refractivity contribution is 0.133. The molecule has 0 radical (unpaired) electrons. The molecule has 4 unspecified atom stereocenters. The van der Waals surface area contributed by atoms with Gasteiger partial charge >= 0.3 is 0 Å².